The van der Waals surface area contributed by atoms with Crippen LogP contribution in [0.25, 0.3) is 70.9 Å². The molecule has 0 aliphatic carbocycles. The van der Waals surface area contributed by atoms with Crippen molar-refractivity contribution in [3.63, 3.8) is 0 Å². The summed E-state index contributed by atoms with van der Waals surface area (Å²) in [6.45, 7) is 2.06. The summed E-state index contributed by atoms with van der Waals surface area (Å²) in [5, 5.41) is 9.92. The molecule has 1 aliphatic heterocycles. The summed E-state index contributed by atoms with van der Waals surface area (Å²) in [6.07, 6.45) is 0.698. The van der Waals surface area contributed by atoms with E-state index in [9.17, 15) is 8.42 Å². The molecule has 0 amide bonds. The Bertz CT molecular complexity index is 2440. The van der Waals surface area contributed by atoms with Gasteiger partial charge in [-0.25, -0.2) is 13.4 Å². The van der Waals surface area contributed by atoms with E-state index in [-0.39, 0.29) is 0 Å². The Morgan fingerprint density at radius 3 is 2.12 bits per heavy atom. The Kier molecular flexibility index (Phi) is 4.13. The molecule has 5 heteroatoms. The zero-order valence-corrected chi connectivity index (χ0v) is 22.5. The molecule has 0 N–H and O–H groups in total. The van der Waals surface area contributed by atoms with Crippen LogP contribution in [0.4, 0.5) is 0 Å². The highest BCUT2D eigenvalue weighted by molar-refractivity contribution is 7.92. The predicted molar refractivity (Wildman–Crippen MR) is 163 cm³/mol. The summed E-state index contributed by atoms with van der Waals surface area (Å²) >= 11 is 0. The van der Waals surface area contributed by atoms with Crippen LogP contribution in [0.3, 0.4) is 0 Å². The van der Waals surface area contributed by atoms with Crippen LogP contribution in [0.5, 0.6) is 0 Å². The van der Waals surface area contributed by atoms with Crippen LogP contribution in [-0.2, 0) is 16.3 Å². The molecular formula is C35H22N2O2S. The highest BCUT2D eigenvalue weighted by Gasteiger charge is 2.33. The Morgan fingerprint density at radius 1 is 0.675 bits per heavy atom. The first-order chi connectivity index (χ1) is 19.6. The summed E-state index contributed by atoms with van der Waals surface area (Å²) in [7, 11) is -3.67. The van der Waals surface area contributed by atoms with Gasteiger partial charge in [0, 0.05) is 6.42 Å². The molecule has 7 aromatic carbocycles. The molecule has 9 rings (SSSR count). The van der Waals surface area contributed by atoms with E-state index in [1.54, 1.807) is 18.2 Å². The number of imidazole rings is 1. The van der Waals surface area contributed by atoms with E-state index in [2.05, 4.69) is 73.7 Å². The Hall–Kier alpha value is -4.74. The lowest BCUT2D eigenvalue weighted by molar-refractivity contribution is 0.594. The number of fused-ring (bicyclic) bond motifs is 4. The fraction of sp³-hybridized carbons (Fsp3) is 0.0571. The minimum atomic E-state index is -3.67. The van der Waals surface area contributed by atoms with Gasteiger partial charge in [0.05, 0.1) is 26.5 Å². The zero-order chi connectivity index (χ0) is 26.7. The highest BCUT2D eigenvalue weighted by Crippen LogP contribution is 2.45. The summed E-state index contributed by atoms with van der Waals surface area (Å²) in [5.74, 6) is 0.859. The molecule has 0 saturated carbocycles. The van der Waals surface area contributed by atoms with Crippen LogP contribution < -0.4 is 0 Å². The third-order valence-electron chi connectivity index (χ3n) is 8.64. The summed E-state index contributed by atoms with van der Waals surface area (Å²) in [6, 6.07) is 35.1. The first-order valence-corrected chi connectivity index (χ1v) is 15.0. The van der Waals surface area contributed by atoms with Crippen LogP contribution in [0.15, 0.2) is 113 Å². The second-order valence-electron chi connectivity index (χ2n) is 10.6. The number of nitrogens with zero attached hydrogens (tertiary/aromatic N) is 2. The largest absolute Gasteiger partial charge is 0.294 e. The van der Waals surface area contributed by atoms with Crippen molar-refractivity contribution >= 4 is 64.0 Å². The molecule has 0 unspecified atom stereocenters. The van der Waals surface area contributed by atoms with E-state index in [4.69, 9.17) is 4.98 Å². The fourth-order valence-corrected chi connectivity index (χ4v) is 8.58. The normalized spacial score (nSPS) is 14.1. The van der Waals surface area contributed by atoms with E-state index >= 15 is 0 Å². The number of hydrogen-bond donors (Lipinski definition) is 0. The quantitative estimate of drug-likeness (QED) is 0.165. The lowest BCUT2D eigenvalue weighted by Gasteiger charge is -2.22. The molecule has 2 heterocycles. The molecule has 0 radical (unpaired) electrons. The van der Waals surface area contributed by atoms with E-state index < -0.39 is 9.84 Å². The number of rotatable bonds is 2. The van der Waals surface area contributed by atoms with Crippen molar-refractivity contribution in [2.45, 2.75) is 23.1 Å². The van der Waals surface area contributed by atoms with Crippen LogP contribution in [0.2, 0.25) is 0 Å². The monoisotopic (exact) mass is 534 g/mol. The van der Waals surface area contributed by atoms with Crippen LogP contribution in [0, 0.1) is 0 Å². The van der Waals surface area contributed by atoms with Gasteiger partial charge in [0.25, 0.3) is 0 Å². The second kappa shape index (κ2) is 7.46. The van der Waals surface area contributed by atoms with Crippen molar-refractivity contribution < 1.29 is 8.42 Å². The van der Waals surface area contributed by atoms with Crippen LogP contribution >= 0.6 is 0 Å². The maximum Gasteiger partial charge on any atom is 0.210 e. The summed E-state index contributed by atoms with van der Waals surface area (Å²) in [4.78, 5) is 5.45. The molecule has 190 valence electrons. The van der Waals surface area contributed by atoms with Gasteiger partial charge in [-0.05, 0) is 78.5 Å². The van der Waals surface area contributed by atoms with E-state index in [0.717, 1.165) is 22.3 Å². The van der Waals surface area contributed by atoms with Crippen molar-refractivity contribution in [1.29, 1.82) is 0 Å². The van der Waals surface area contributed by atoms with Crippen molar-refractivity contribution in [2.75, 3.05) is 0 Å². The van der Waals surface area contributed by atoms with Gasteiger partial charge in [0.15, 0.2) is 0 Å². The SMILES string of the molecule is CCc1nc2cccc3c2n1-c1cc(-c2ccc4c5cccc6cccc(c7cccc2c74)c65)ccc1S3(=O)=O. The van der Waals surface area contributed by atoms with Gasteiger partial charge in [-0.3, -0.25) is 4.57 Å². The number of sulfone groups is 1. The summed E-state index contributed by atoms with van der Waals surface area (Å²) in [5.41, 5.74) is 4.12. The molecule has 1 aromatic heterocycles. The average molecular weight is 535 g/mol. The Labute approximate surface area is 230 Å². The van der Waals surface area contributed by atoms with Crippen LogP contribution in [-0.4, -0.2) is 18.0 Å². The maximum absolute atomic E-state index is 13.7. The van der Waals surface area contributed by atoms with Gasteiger partial charge in [-0.15, -0.1) is 0 Å². The molecule has 40 heavy (non-hydrogen) atoms. The molecular weight excluding hydrogens is 512 g/mol. The first-order valence-electron chi connectivity index (χ1n) is 13.5. The molecule has 0 saturated heterocycles. The number of benzene rings is 7. The van der Waals surface area contributed by atoms with Gasteiger partial charge in [-0.2, -0.15) is 0 Å². The molecule has 0 atom stereocenters. The van der Waals surface area contributed by atoms with E-state index in [1.807, 2.05) is 22.8 Å². The molecule has 0 fully saturated rings. The van der Waals surface area contributed by atoms with Crippen molar-refractivity contribution in [1.82, 2.24) is 9.55 Å². The van der Waals surface area contributed by atoms with Gasteiger partial charge < -0.3 is 0 Å². The topological polar surface area (TPSA) is 52.0 Å². The first kappa shape index (κ1) is 22.1. The van der Waals surface area contributed by atoms with Gasteiger partial charge in [0.1, 0.15) is 5.82 Å². The summed E-state index contributed by atoms with van der Waals surface area (Å²) < 4.78 is 29.5. The standard InChI is InChI=1S/C35H22N2O2S/c1-2-32-36-28-13-6-14-31-35(28)37(32)29-19-21(15-18-30(29)40(31,38)39)22-16-17-27-25-10-4-8-20-7-3-9-24(33(20)25)26-12-5-11-23(22)34(26)27/h3-19H,2H2,1H3. The van der Waals surface area contributed by atoms with E-state index in [0.29, 0.717) is 32.9 Å². The smallest absolute Gasteiger partial charge is 0.210 e. The minimum absolute atomic E-state index is 0.326. The van der Waals surface area contributed by atoms with Crippen molar-refractivity contribution in [3.8, 4) is 16.8 Å². The number of aryl methyl sites for hydroxylation is 1. The number of hydrogen-bond acceptors (Lipinski definition) is 3. The van der Waals surface area contributed by atoms with Gasteiger partial charge in [-0.1, -0.05) is 85.8 Å². The third kappa shape index (κ3) is 2.61. The van der Waals surface area contributed by atoms with Crippen molar-refractivity contribution in [2.24, 2.45) is 0 Å². The van der Waals surface area contributed by atoms with Crippen molar-refractivity contribution in [3.05, 3.63) is 109 Å². The number of aromatic nitrogens is 2. The highest BCUT2D eigenvalue weighted by atomic mass is 32.2. The van der Waals surface area contributed by atoms with E-state index in [1.165, 1.54) is 37.7 Å². The zero-order valence-electron chi connectivity index (χ0n) is 21.6. The number of para-hydroxylation sites is 1. The Balaban J connectivity index is 1.38. The van der Waals surface area contributed by atoms with Crippen LogP contribution in [0.1, 0.15) is 12.7 Å². The Morgan fingerprint density at radius 2 is 1.35 bits per heavy atom. The predicted octanol–water partition coefficient (Wildman–Crippen LogP) is 8.45. The van der Waals surface area contributed by atoms with Gasteiger partial charge >= 0.3 is 0 Å². The molecule has 0 spiro atoms. The molecule has 1 aliphatic rings. The minimum Gasteiger partial charge on any atom is -0.294 e. The molecule has 8 aromatic rings. The lowest BCUT2D eigenvalue weighted by atomic mass is 9.87. The van der Waals surface area contributed by atoms with Gasteiger partial charge in [0.2, 0.25) is 9.84 Å². The second-order valence-corrected chi connectivity index (χ2v) is 12.5. The maximum atomic E-state index is 13.7. The lowest BCUT2D eigenvalue weighted by Crippen LogP contribution is -2.16. The third-order valence-corrected chi connectivity index (χ3v) is 10.5. The molecule has 0 bridgehead atoms. The fourth-order valence-electron chi connectivity index (χ4n) is 6.96. The molecule has 4 nitrogen and oxygen atoms in total. The average Bonchev–Trinajstić information content (AvgIpc) is 3.37.